The van der Waals surface area contributed by atoms with E-state index < -0.39 is 17.9 Å². The van der Waals surface area contributed by atoms with Gasteiger partial charge in [-0.15, -0.1) is 0 Å². The van der Waals surface area contributed by atoms with Crippen molar-refractivity contribution < 1.29 is 19.1 Å². The van der Waals surface area contributed by atoms with E-state index in [9.17, 15) is 14.4 Å². The Morgan fingerprint density at radius 1 is 1.19 bits per heavy atom. The minimum Gasteiger partial charge on any atom is -0.379 e. The number of nitrogens with zero attached hydrogens (tertiary/aromatic N) is 2. The standard InChI is InChI=1S/C19H26N4O4/c1-2-23-15-7-4-3-6-14(15)16(19(23)26)21-18(25)17(24)20-8-5-9-22-10-12-27-13-11-22/h3-4,6-7,16H,2,5,8-13H2,1H3,(H,20,24)(H,21,25)/t16-/m0/s1. The van der Waals surface area contributed by atoms with E-state index in [0.29, 0.717) is 13.1 Å². The molecular weight excluding hydrogens is 348 g/mol. The molecule has 3 amide bonds. The van der Waals surface area contributed by atoms with Crippen molar-refractivity contribution in [1.82, 2.24) is 15.5 Å². The van der Waals surface area contributed by atoms with E-state index in [0.717, 1.165) is 50.5 Å². The van der Waals surface area contributed by atoms with Crippen LogP contribution in [0.3, 0.4) is 0 Å². The van der Waals surface area contributed by atoms with E-state index in [1.54, 1.807) is 11.0 Å². The van der Waals surface area contributed by atoms with Crippen molar-refractivity contribution in [3.8, 4) is 0 Å². The molecule has 0 saturated carbocycles. The molecule has 3 rings (SSSR count). The second-order valence-electron chi connectivity index (χ2n) is 6.61. The van der Waals surface area contributed by atoms with Gasteiger partial charge in [0.15, 0.2) is 0 Å². The molecule has 0 aromatic heterocycles. The highest BCUT2D eigenvalue weighted by atomic mass is 16.5. The number of carbonyl (C=O) groups is 3. The van der Waals surface area contributed by atoms with Crippen LogP contribution < -0.4 is 15.5 Å². The summed E-state index contributed by atoms with van der Waals surface area (Å²) in [5, 5.41) is 5.20. The first-order valence-electron chi connectivity index (χ1n) is 9.41. The van der Waals surface area contributed by atoms with Crippen LogP contribution in [0.1, 0.15) is 24.9 Å². The Balaban J connectivity index is 1.48. The summed E-state index contributed by atoms with van der Waals surface area (Å²) in [7, 11) is 0. The molecule has 27 heavy (non-hydrogen) atoms. The van der Waals surface area contributed by atoms with Crippen LogP contribution >= 0.6 is 0 Å². The highest BCUT2D eigenvalue weighted by Gasteiger charge is 2.37. The van der Waals surface area contributed by atoms with Crippen molar-refractivity contribution in [3.05, 3.63) is 29.8 Å². The summed E-state index contributed by atoms with van der Waals surface area (Å²) < 4.78 is 5.29. The Morgan fingerprint density at radius 3 is 2.67 bits per heavy atom. The van der Waals surface area contributed by atoms with Crippen LogP contribution in [-0.2, 0) is 19.1 Å². The van der Waals surface area contributed by atoms with Gasteiger partial charge in [0.25, 0.3) is 5.91 Å². The van der Waals surface area contributed by atoms with Gasteiger partial charge in [0.05, 0.1) is 13.2 Å². The van der Waals surface area contributed by atoms with Gasteiger partial charge in [-0.3, -0.25) is 19.3 Å². The number of hydrogen-bond acceptors (Lipinski definition) is 5. The predicted molar refractivity (Wildman–Crippen MR) is 100 cm³/mol. The summed E-state index contributed by atoms with van der Waals surface area (Å²) in [5.41, 5.74) is 1.50. The lowest BCUT2D eigenvalue weighted by Gasteiger charge is -2.26. The number of benzene rings is 1. The molecule has 2 aliphatic heterocycles. The number of carbonyl (C=O) groups excluding carboxylic acids is 3. The van der Waals surface area contributed by atoms with Crippen LogP contribution in [-0.4, -0.2) is 68.6 Å². The van der Waals surface area contributed by atoms with Crippen LogP contribution in [0.15, 0.2) is 24.3 Å². The average molecular weight is 374 g/mol. The quantitative estimate of drug-likeness (QED) is 0.542. The Morgan fingerprint density at radius 2 is 1.93 bits per heavy atom. The number of para-hydroxylation sites is 1. The lowest BCUT2D eigenvalue weighted by Crippen LogP contribution is -2.45. The third-order valence-corrected chi connectivity index (χ3v) is 4.89. The molecule has 1 saturated heterocycles. The highest BCUT2D eigenvalue weighted by molar-refractivity contribution is 6.35. The van der Waals surface area contributed by atoms with Gasteiger partial charge in [-0.05, 0) is 26.0 Å². The molecule has 1 fully saturated rings. The van der Waals surface area contributed by atoms with Crippen LogP contribution in [0, 0.1) is 0 Å². The maximum absolute atomic E-state index is 12.6. The molecule has 0 bridgehead atoms. The molecule has 2 heterocycles. The van der Waals surface area contributed by atoms with Gasteiger partial charge in [0.2, 0.25) is 0 Å². The number of hydrogen-bond donors (Lipinski definition) is 2. The summed E-state index contributed by atoms with van der Waals surface area (Å²) >= 11 is 0. The Labute approximate surface area is 158 Å². The second-order valence-corrected chi connectivity index (χ2v) is 6.61. The van der Waals surface area contributed by atoms with Crippen molar-refractivity contribution in [1.29, 1.82) is 0 Å². The number of amides is 3. The normalized spacial score (nSPS) is 19.7. The fourth-order valence-corrected chi connectivity index (χ4v) is 3.46. The van der Waals surface area contributed by atoms with Gasteiger partial charge in [-0.2, -0.15) is 0 Å². The van der Waals surface area contributed by atoms with E-state index in [1.807, 2.05) is 25.1 Å². The number of morpholine rings is 1. The van der Waals surface area contributed by atoms with E-state index >= 15 is 0 Å². The van der Waals surface area contributed by atoms with Crippen molar-refractivity contribution in [2.24, 2.45) is 0 Å². The van der Waals surface area contributed by atoms with Crippen LogP contribution in [0.2, 0.25) is 0 Å². The fraction of sp³-hybridized carbons (Fsp3) is 0.526. The SMILES string of the molecule is CCN1C(=O)[C@@H](NC(=O)C(=O)NCCCN2CCOCC2)c2ccccc21. The predicted octanol–water partition coefficient (Wildman–Crippen LogP) is 0.0489. The van der Waals surface area contributed by atoms with Crippen molar-refractivity contribution in [2.45, 2.75) is 19.4 Å². The summed E-state index contributed by atoms with van der Waals surface area (Å²) in [6, 6.07) is 6.49. The van der Waals surface area contributed by atoms with E-state index in [2.05, 4.69) is 15.5 Å². The lowest BCUT2D eigenvalue weighted by molar-refractivity contribution is -0.140. The molecule has 0 aliphatic carbocycles. The van der Waals surface area contributed by atoms with Gasteiger partial charge < -0.3 is 20.3 Å². The zero-order valence-corrected chi connectivity index (χ0v) is 15.6. The zero-order chi connectivity index (χ0) is 19.2. The minimum atomic E-state index is -0.812. The zero-order valence-electron chi connectivity index (χ0n) is 15.6. The van der Waals surface area contributed by atoms with Crippen molar-refractivity contribution >= 4 is 23.4 Å². The van der Waals surface area contributed by atoms with Gasteiger partial charge in [0, 0.05) is 37.4 Å². The van der Waals surface area contributed by atoms with E-state index in [1.165, 1.54) is 0 Å². The Hall–Kier alpha value is -2.45. The smallest absolute Gasteiger partial charge is 0.310 e. The first-order chi connectivity index (χ1) is 13.1. The third kappa shape index (κ3) is 4.45. The summed E-state index contributed by atoms with van der Waals surface area (Å²) in [6.07, 6.45) is 0.758. The number of likely N-dealkylation sites (N-methyl/N-ethyl adjacent to an activating group) is 1. The average Bonchev–Trinajstić information content (AvgIpc) is 2.97. The molecule has 1 atom stereocenters. The molecule has 8 heteroatoms. The highest BCUT2D eigenvalue weighted by Crippen LogP contribution is 2.35. The monoisotopic (exact) mass is 374 g/mol. The first-order valence-corrected chi connectivity index (χ1v) is 9.41. The van der Waals surface area contributed by atoms with Gasteiger partial charge in [0.1, 0.15) is 6.04 Å². The molecule has 1 aromatic rings. The summed E-state index contributed by atoms with van der Waals surface area (Å²) in [4.78, 5) is 40.7. The van der Waals surface area contributed by atoms with Crippen LogP contribution in [0.5, 0.6) is 0 Å². The van der Waals surface area contributed by atoms with Crippen LogP contribution in [0.4, 0.5) is 5.69 Å². The topological polar surface area (TPSA) is 91.0 Å². The summed E-state index contributed by atoms with van der Waals surface area (Å²) in [5.74, 6) is -1.71. The van der Waals surface area contributed by atoms with Crippen LogP contribution in [0.25, 0.3) is 0 Å². The Kier molecular flexibility index (Phi) is 6.41. The molecule has 2 aliphatic rings. The Bertz CT molecular complexity index is 703. The number of fused-ring (bicyclic) bond motifs is 1. The van der Waals surface area contributed by atoms with Crippen molar-refractivity contribution in [3.63, 3.8) is 0 Å². The number of nitrogens with one attached hydrogen (secondary N) is 2. The molecule has 0 unspecified atom stereocenters. The fourth-order valence-electron chi connectivity index (χ4n) is 3.46. The maximum atomic E-state index is 12.6. The van der Waals surface area contributed by atoms with E-state index in [4.69, 9.17) is 4.74 Å². The maximum Gasteiger partial charge on any atom is 0.310 e. The third-order valence-electron chi connectivity index (χ3n) is 4.89. The first kappa shape index (κ1) is 19.3. The number of rotatable bonds is 6. The molecule has 0 spiro atoms. The number of anilines is 1. The lowest BCUT2D eigenvalue weighted by atomic mass is 10.1. The van der Waals surface area contributed by atoms with Gasteiger partial charge >= 0.3 is 11.8 Å². The largest absolute Gasteiger partial charge is 0.379 e. The molecule has 8 nitrogen and oxygen atoms in total. The second kappa shape index (κ2) is 8.96. The summed E-state index contributed by atoms with van der Waals surface area (Å²) in [6.45, 7) is 6.92. The molecule has 1 aromatic carbocycles. The molecular formula is C19H26N4O4. The van der Waals surface area contributed by atoms with Crippen molar-refractivity contribution in [2.75, 3.05) is 50.8 Å². The molecule has 146 valence electrons. The molecule has 0 radical (unpaired) electrons. The minimum absolute atomic E-state index is 0.216. The van der Waals surface area contributed by atoms with Gasteiger partial charge in [-0.25, -0.2) is 0 Å². The number of ether oxygens (including phenoxy) is 1. The van der Waals surface area contributed by atoms with Gasteiger partial charge in [-0.1, -0.05) is 18.2 Å². The van der Waals surface area contributed by atoms with E-state index in [-0.39, 0.29) is 5.91 Å². The molecule has 2 N–H and O–H groups in total.